The van der Waals surface area contributed by atoms with Crippen molar-refractivity contribution in [1.82, 2.24) is 0 Å². The number of aliphatic hydroxyl groups excluding tert-OH is 1. The minimum Gasteiger partial charge on any atom is -0.489 e. The van der Waals surface area contributed by atoms with Gasteiger partial charge in [-0.25, -0.2) is 8.78 Å². The summed E-state index contributed by atoms with van der Waals surface area (Å²) in [6.45, 7) is 1.44. The third-order valence-electron chi connectivity index (χ3n) is 2.79. The zero-order valence-electron chi connectivity index (χ0n) is 10.4. The molecule has 0 saturated carbocycles. The Morgan fingerprint density at radius 2 is 1.74 bits per heavy atom. The van der Waals surface area contributed by atoms with Gasteiger partial charge in [-0.3, -0.25) is 0 Å². The van der Waals surface area contributed by atoms with Gasteiger partial charge in [-0.05, 0) is 36.8 Å². The molecule has 0 bridgehead atoms. The third-order valence-corrected chi connectivity index (χ3v) is 2.79. The number of ether oxygens (including phenoxy) is 1. The molecular formula is C15H14F2O2. The van der Waals surface area contributed by atoms with E-state index in [0.29, 0.717) is 11.3 Å². The van der Waals surface area contributed by atoms with E-state index in [1.54, 1.807) is 31.2 Å². The van der Waals surface area contributed by atoms with Gasteiger partial charge in [-0.2, -0.15) is 0 Å². The Labute approximate surface area is 110 Å². The Balaban J connectivity index is 2.12. The van der Waals surface area contributed by atoms with Crippen LogP contribution in [-0.2, 0) is 6.61 Å². The van der Waals surface area contributed by atoms with Crippen molar-refractivity contribution in [1.29, 1.82) is 0 Å². The quantitative estimate of drug-likeness (QED) is 0.914. The second-order valence-corrected chi connectivity index (χ2v) is 4.24. The highest BCUT2D eigenvalue weighted by molar-refractivity contribution is 5.30. The molecule has 19 heavy (non-hydrogen) atoms. The van der Waals surface area contributed by atoms with E-state index in [2.05, 4.69) is 0 Å². The van der Waals surface area contributed by atoms with Gasteiger partial charge in [0.25, 0.3) is 0 Å². The van der Waals surface area contributed by atoms with Crippen LogP contribution in [0.25, 0.3) is 0 Å². The first-order valence-electron chi connectivity index (χ1n) is 5.91. The highest BCUT2D eigenvalue weighted by atomic mass is 19.1. The fraction of sp³-hybridized carbons (Fsp3) is 0.200. The second-order valence-electron chi connectivity index (χ2n) is 4.24. The molecule has 2 nitrogen and oxygen atoms in total. The molecule has 100 valence electrons. The zero-order chi connectivity index (χ0) is 13.8. The van der Waals surface area contributed by atoms with E-state index in [4.69, 9.17) is 4.74 Å². The van der Waals surface area contributed by atoms with Crippen LogP contribution in [0.3, 0.4) is 0 Å². The van der Waals surface area contributed by atoms with Crippen molar-refractivity contribution in [3.8, 4) is 5.75 Å². The van der Waals surface area contributed by atoms with Crippen molar-refractivity contribution in [3.63, 3.8) is 0 Å². The molecule has 0 aliphatic carbocycles. The van der Waals surface area contributed by atoms with E-state index < -0.39 is 17.7 Å². The van der Waals surface area contributed by atoms with E-state index >= 15 is 0 Å². The van der Waals surface area contributed by atoms with Crippen LogP contribution in [-0.4, -0.2) is 5.11 Å². The Morgan fingerprint density at radius 1 is 1.11 bits per heavy atom. The Hall–Kier alpha value is -1.94. The summed E-state index contributed by atoms with van der Waals surface area (Å²) in [6, 6.07) is 10.5. The van der Waals surface area contributed by atoms with E-state index in [0.717, 1.165) is 0 Å². The zero-order valence-corrected chi connectivity index (χ0v) is 10.4. The van der Waals surface area contributed by atoms with Crippen molar-refractivity contribution in [2.24, 2.45) is 0 Å². The summed E-state index contributed by atoms with van der Waals surface area (Å²) in [5, 5.41) is 9.45. The Kier molecular flexibility index (Phi) is 4.12. The standard InChI is InChI=1S/C15H14F2O2/c1-10(18)11-4-2-5-12(8-11)19-9-13-14(16)6-3-7-15(13)17/h2-8,10,18H,9H2,1H3/t10-/m0/s1. The first kappa shape index (κ1) is 13.5. The summed E-state index contributed by atoms with van der Waals surface area (Å²) < 4.78 is 32.2. The van der Waals surface area contributed by atoms with Gasteiger partial charge in [0, 0.05) is 0 Å². The highest BCUT2D eigenvalue weighted by Crippen LogP contribution is 2.21. The van der Waals surface area contributed by atoms with Crippen molar-refractivity contribution in [2.45, 2.75) is 19.6 Å². The SMILES string of the molecule is C[C@H](O)c1cccc(OCc2c(F)cccc2F)c1. The smallest absolute Gasteiger partial charge is 0.132 e. The summed E-state index contributed by atoms with van der Waals surface area (Å²) in [5.74, 6) is -0.806. The van der Waals surface area contributed by atoms with Crippen LogP contribution in [0.15, 0.2) is 42.5 Å². The second kappa shape index (κ2) is 5.80. The van der Waals surface area contributed by atoms with Crippen LogP contribution < -0.4 is 4.74 Å². The van der Waals surface area contributed by atoms with Gasteiger partial charge in [0.2, 0.25) is 0 Å². The summed E-state index contributed by atoms with van der Waals surface area (Å²) in [7, 11) is 0. The molecule has 2 rings (SSSR count). The summed E-state index contributed by atoms with van der Waals surface area (Å²) >= 11 is 0. The number of hydrogen-bond acceptors (Lipinski definition) is 2. The third kappa shape index (κ3) is 3.29. The molecule has 0 unspecified atom stereocenters. The lowest BCUT2D eigenvalue weighted by Crippen LogP contribution is -2.02. The fourth-order valence-electron chi connectivity index (χ4n) is 1.69. The first-order chi connectivity index (χ1) is 9.08. The molecule has 4 heteroatoms. The molecule has 0 aliphatic rings. The average Bonchev–Trinajstić information content (AvgIpc) is 2.38. The van der Waals surface area contributed by atoms with Gasteiger partial charge in [-0.1, -0.05) is 18.2 Å². The minimum absolute atomic E-state index is 0.107. The predicted molar refractivity (Wildman–Crippen MR) is 67.8 cm³/mol. The molecule has 0 amide bonds. The molecular weight excluding hydrogens is 250 g/mol. The number of rotatable bonds is 4. The average molecular weight is 264 g/mol. The molecule has 2 aromatic rings. The minimum atomic E-state index is -0.633. The van der Waals surface area contributed by atoms with E-state index in [1.165, 1.54) is 18.2 Å². The van der Waals surface area contributed by atoms with Crippen LogP contribution in [0.2, 0.25) is 0 Å². The lowest BCUT2D eigenvalue weighted by Gasteiger charge is -2.10. The molecule has 0 saturated heterocycles. The topological polar surface area (TPSA) is 29.5 Å². The summed E-state index contributed by atoms with van der Waals surface area (Å²) in [6.07, 6.45) is -0.617. The van der Waals surface area contributed by atoms with Crippen molar-refractivity contribution in [2.75, 3.05) is 0 Å². The van der Waals surface area contributed by atoms with E-state index in [-0.39, 0.29) is 12.2 Å². The largest absolute Gasteiger partial charge is 0.489 e. The normalized spacial score (nSPS) is 12.2. The van der Waals surface area contributed by atoms with Gasteiger partial charge < -0.3 is 9.84 Å². The van der Waals surface area contributed by atoms with Crippen LogP contribution in [0.4, 0.5) is 8.78 Å². The lowest BCUT2D eigenvalue weighted by atomic mass is 10.1. The maximum Gasteiger partial charge on any atom is 0.132 e. The van der Waals surface area contributed by atoms with Crippen LogP contribution in [0.1, 0.15) is 24.2 Å². The van der Waals surface area contributed by atoms with Crippen LogP contribution in [0.5, 0.6) is 5.75 Å². The molecule has 2 aromatic carbocycles. The lowest BCUT2D eigenvalue weighted by molar-refractivity contribution is 0.198. The predicted octanol–water partition coefficient (Wildman–Crippen LogP) is 3.60. The molecule has 0 spiro atoms. The van der Waals surface area contributed by atoms with Crippen molar-refractivity contribution >= 4 is 0 Å². The van der Waals surface area contributed by atoms with E-state index in [9.17, 15) is 13.9 Å². The molecule has 0 aromatic heterocycles. The number of benzene rings is 2. The number of halogens is 2. The van der Waals surface area contributed by atoms with Gasteiger partial charge >= 0.3 is 0 Å². The molecule has 0 heterocycles. The van der Waals surface area contributed by atoms with Gasteiger partial charge in [-0.15, -0.1) is 0 Å². The molecule has 0 radical (unpaired) electrons. The van der Waals surface area contributed by atoms with E-state index in [1.807, 2.05) is 0 Å². The highest BCUT2D eigenvalue weighted by Gasteiger charge is 2.09. The molecule has 1 N–H and O–H groups in total. The number of hydrogen-bond donors (Lipinski definition) is 1. The van der Waals surface area contributed by atoms with Crippen LogP contribution >= 0.6 is 0 Å². The van der Waals surface area contributed by atoms with Gasteiger partial charge in [0.1, 0.15) is 24.0 Å². The first-order valence-corrected chi connectivity index (χ1v) is 5.91. The number of aliphatic hydroxyl groups is 1. The maximum atomic E-state index is 13.4. The summed E-state index contributed by atoms with van der Waals surface area (Å²) in [4.78, 5) is 0. The molecule has 1 atom stereocenters. The maximum absolute atomic E-state index is 13.4. The van der Waals surface area contributed by atoms with Crippen LogP contribution in [0, 0.1) is 11.6 Å². The van der Waals surface area contributed by atoms with Crippen molar-refractivity contribution < 1.29 is 18.6 Å². The van der Waals surface area contributed by atoms with Gasteiger partial charge in [0.05, 0.1) is 11.7 Å². The Morgan fingerprint density at radius 3 is 2.37 bits per heavy atom. The fourth-order valence-corrected chi connectivity index (χ4v) is 1.69. The monoisotopic (exact) mass is 264 g/mol. The van der Waals surface area contributed by atoms with Crippen molar-refractivity contribution in [3.05, 3.63) is 65.2 Å². The molecule has 0 aliphatic heterocycles. The van der Waals surface area contributed by atoms with Gasteiger partial charge in [0.15, 0.2) is 0 Å². The molecule has 0 fully saturated rings. The summed E-state index contributed by atoms with van der Waals surface area (Å²) in [5.41, 5.74) is 0.580. The Bertz CT molecular complexity index is 548.